The molecule has 1 aromatic carbocycles. The Kier molecular flexibility index (Phi) is 2.98. The third-order valence-corrected chi connectivity index (χ3v) is 4.96. The second-order valence-electron chi connectivity index (χ2n) is 6.71. The van der Waals surface area contributed by atoms with Gasteiger partial charge in [-0.2, -0.15) is 0 Å². The number of rotatable bonds is 2. The minimum absolute atomic E-state index is 0.111. The maximum atomic E-state index is 13.4. The molecule has 2 aromatic rings. The lowest BCUT2D eigenvalue weighted by atomic mass is 9.95. The van der Waals surface area contributed by atoms with Gasteiger partial charge in [-0.05, 0) is 50.3 Å². The zero-order chi connectivity index (χ0) is 16.2. The summed E-state index contributed by atoms with van der Waals surface area (Å²) in [6.07, 6.45) is 2.96. The predicted molar refractivity (Wildman–Crippen MR) is 85.3 cm³/mol. The molecule has 1 aliphatic carbocycles. The lowest BCUT2D eigenvalue weighted by molar-refractivity contribution is 0.477. The Balaban J connectivity index is 1.74. The summed E-state index contributed by atoms with van der Waals surface area (Å²) >= 11 is 0. The van der Waals surface area contributed by atoms with Crippen molar-refractivity contribution in [2.24, 2.45) is 0 Å². The van der Waals surface area contributed by atoms with Crippen molar-refractivity contribution in [1.29, 1.82) is 0 Å². The molecule has 0 unspecified atom stereocenters. The van der Waals surface area contributed by atoms with Gasteiger partial charge in [-0.15, -0.1) is 0 Å². The molecule has 2 N–H and O–H groups in total. The molecule has 1 saturated carbocycles. The van der Waals surface area contributed by atoms with Gasteiger partial charge in [0.1, 0.15) is 11.6 Å². The van der Waals surface area contributed by atoms with E-state index >= 15 is 0 Å². The van der Waals surface area contributed by atoms with Crippen LogP contribution in [-0.4, -0.2) is 9.55 Å². The Hall–Kier alpha value is -2.37. The van der Waals surface area contributed by atoms with Crippen LogP contribution < -0.4 is 16.6 Å². The fourth-order valence-corrected chi connectivity index (χ4v) is 3.33. The number of benzene rings is 1. The van der Waals surface area contributed by atoms with Crippen LogP contribution >= 0.6 is 0 Å². The predicted octanol–water partition coefficient (Wildman–Crippen LogP) is 2.28. The molecule has 0 spiro atoms. The van der Waals surface area contributed by atoms with Crippen molar-refractivity contribution in [3.05, 3.63) is 62.0 Å². The number of anilines is 1. The molecule has 2 aliphatic rings. The van der Waals surface area contributed by atoms with Crippen LogP contribution in [0.5, 0.6) is 0 Å². The van der Waals surface area contributed by atoms with Crippen LogP contribution in [-0.2, 0) is 12.0 Å². The van der Waals surface area contributed by atoms with E-state index in [-0.39, 0.29) is 28.6 Å². The smallest absolute Gasteiger partial charge is 0.330 e. The first-order chi connectivity index (χ1) is 11.0. The fourth-order valence-electron chi connectivity index (χ4n) is 3.33. The average molecular weight is 315 g/mol. The van der Waals surface area contributed by atoms with Crippen molar-refractivity contribution in [3.63, 3.8) is 0 Å². The maximum Gasteiger partial charge on any atom is 0.330 e. The summed E-state index contributed by atoms with van der Waals surface area (Å²) in [5, 5.41) is 3.19. The second kappa shape index (κ2) is 4.81. The van der Waals surface area contributed by atoms with Crippen LogP contribution in [0.2, 0.25) is 0 Å². The molecule has 0 radical (unpaired) electrons. The van der Waals surface area contributed by atoms with Gasteiger partial charge in [0.2, 0.25) is 0 Å². The largest absolute Gasteiger partial charge is 0.364 e. The molecule has 0 bridgehead atoms. The Labute approximate surface area is 132 Å². The topological polar surface area (TPSA) is 66.9 Å². The van der Waals surface area contributed by atoms with Gasteiger partial charge in [-0.25, -0.2) is 9.18 Å². The van der Waals surface area contributed by atoms with Crippen molar-refractivity contribution in [3.8, 4) is 0 Å². The molecule has 2 heterocycles. The van der Waals surface area contributed by atoms with E-state index in [1.54, 1.807) is 6.07 Å². The molecule has 23 heavy (non-hydrogen) atoms. The zero-order valence-corrected chi connectivity index (χ0v) is 12.9. The van der Waals surface area contributed by atoms with E-state index in [4.69, 9.17) is 0 Å². The van der Waals surface area contributed by atoms with E-state index in [2.05, 4.69) is 10.3 Å². The zero-order valence-electron chi connectivity index (χ0n) is 12.9. The van der Waals surface area contributed by atoms with E-state index in [0.29, 0.717) is 24.2 Å². The van der Waals surface area contributed by atoms with Crippen molar-refractivity contribution >= 4 is 5.82 Å². The number of fused-ring (bicyclic) bond motifs is 1. The lowest BCUT2D eigenvalue weighted by Crippen LogP contribution is -2.44. The standard InChI is InChI=1S/C17H18FN3O2/c1-17(7-8-17)21-15(22)12-5-6-13(19-14(12)20-16(21)23)10-3-2-4-11(18)9-10/h2-4,9,13,19H,5-8H2,1H3,(H,20,23)/t13-/m1/s1. The highest BCUT2D eigenvalue weighted by molar-refractivity contribution is 5.48. The molecule has 1 aromatic heterocycles. The van der Waals surface area contributed by atoms with Crippen LogP contribution in [0.4, 0.5) is 10.2 Å². The number of halogens is 1. The molecular formula is C17H18FN3O2. The first-order valence-corrected chi connectivity index (χ1v) is 7.89. The summed E-state index contributed by atoms with van der Waals surface area (Å²) < 4.78 is 14.8. The van der Waals surface area contributed by atoms with Gasteiger partial charge in [0.15, 0.2) is 0 Å². The highest BCUT2D eigenvalue weighted by atomic mass is 19.1. The second-order valence-corrected chi connectivity index (χ2v) is 6.71. The first-order valence-electron chi connectivity index (χ1n) is 7.89. The van der Waals surface area contributed by atoms with E-state index in [1.807, 2.05) is 13.0 Å². The van der Waals surface area contributed by atoms with Gasteiger partial charge in [0, 0.05) is 0 Å². The molecule has 1 aliphatic heterocycles. The third-order valence-electron chi connectivity index (χ3n) is 4.96. The lowest BCUT2D eigenvalue weighted by Gasteiger charge is -2.27. The van der Waals surface area contributed by atoms with Gasteiger partial charge >= 0.3 is 5.69 Å². The van der Waals surface area contributed by atoms with E-state index in [9.17, 15) is 14.0 Å². The van der Waals surface area contributed by atoms with Gasteiger partial charge in [0.25, 0.3) is 5.56 Å². The molecular weight excluding hydrogens is 297 g/mol. The molecule has 6 heteroatoms. The average Bonchev–Trinajstić information content (AvgIpc) is 3.25. The number of aromatic amines is 1. The van der Waals surface area contributed by atoms with E-state index < -0.39 is 0 Å². The molecule has 0 amide bonds. The minimum atomic E-state index is -0.374. The highest BCUT2D eigenvalue weighted by Gasteiger charge is 2.42. The van der Waals surface area contributed by atoms with Gasteiger partial charge in [-0.1, -0.05) is 12.1 Å². The number of H-pyrrole nitrogens is 1. The molecule has 120 valence electrons. The number of nitrogens with one attached hydrogen (secondary N) is 2. The van der Waals surface area contributed by atoms with Gasteiger partial charge in [-0.3, -0.25) is 14.3 Å². The SMILES string of the molecule is CC1(n2c(=O)[nH]c3c(c2=O)CC[C@H](c2cccc(F)c2)N3)CC1. The van der Waals surface area contributed by atoms with Crippen molar-refractivity contribution in [1.82, 2.24) is 9.55 Å². The summed E-state index contributed by atoms with van der Waals surface area (Å²) in [6, 6.07) is 6.28. The van der Waals surface area contributed by atoms with Crippen LogP contribution in [0.1, 0.15) is 43.4 Å². The third kappa shape index (κ3) is 2.29. The normalized spacial score (nSPS) is 21.4. The Morgan fingerprint density at radius 1 is 1.30 bits per heavy atom. The summed E-state index contributed by atoms with van der Waals surface area (Å²) in [7, 11) is 0. The summed E-state index contributed by atoms with van der Waals surface area (Å²) in [5.41, 5.74) is 0.523. The van der Waals surface area contributed by atoms with E-state index in [1.165, 1.54) is 16.7 Å². The maximum absolute atomic E-state index is 13.4. The van der Waals surface area contributed by atoms with Gasteiger partial charge < -0.3 is 5.32 Å². The summed E-state index contributed by atoms with van der Waals surface area (Å²) in [4.78, 5) is 27.8. The van der Waals surface area contributed by atoms with Crippen molar-refractivity contribution in [2.75, 3.05) is 5.32 Å². The molecule has 5 nitrogen and oxygen atoms in total. The number of hydrogen-bond donors (Lipinski definition) is 2. The Morgan fingerprint density at radius 2 is 2.09 bits per heavy atom. The number of nitrogens with zero attached hydrogens (tertiary/aromatic N) is 1. The Morgan fingerprint density at radius 3 is 2.78 bits per heavy atom. The number of aromatic nitrogens is 2. The van der Waals surface area contributed by atoms with E-state index in [0.717, 1.165) is 18.4 Å². The quantitative estimate of drug-likeness (QED) is 0.893. The highest BCUT2D eigenvalue weighted by Crippen LogP contribution is 2.41. The molecule has 0 saturated heterocycles. The van der Waals surface area contributed by atoms with Crippen LogP contribution in [0, 0.1) is 5.82 Å². The Bertz CT molecular complexity index is 895. The first kappa shape index (κ1) is 14.2. The molecule has 1 fully saturated rings. The molecule has 4 rings (SSSR count). The van der Waals surface area contributed by atoms with Crippen LogP contribution in [0.15, 0.2) is 33.9 Å². The summed E-state index contributed by atoms with van der Waals surface area (Å²) in [5.74, 6) is 0.182. The summed E-state index contributed by atoms with van der Waals surface area (Å²) in [6.45, 7) is 1.93. The van der Waals surface area contributed by atoms with Gasteiger partial charge in [0.05, 0.1) is 17.1 Å². The van der Waals surface area contributed by atoms with Crippen LogP contribution in [0.25, 0.3) is 0 Å². The molecule has 1 atom stereocenters. The fraction of sp³-hybridized carbons (Fsp3) is 0.412. The van der Waals surface area contributed by atoms with Crippen LogP contribution in [0.3, 0.4) is 0 Å². The monoisotopic (exact) mass is 315 g/mol. The number of hydrogen-bond acceptors (Lipinski definition) is 3. The van der Waals surface area contributed by atoms with Crippen molar-refractivity contribution < 1.29 is 4.39 Å². The van der Waals surface area contributed by atoms with Crippen molar-refractivity contribution in [2.45, 2.75) is 44.2 Å². The minimum Gasteiger partial charge on any atom is -0.364 e.